The lowest BCUT2D eigenvalue weighted by Crippen LogP contribution is -2.30. The van der Waals surface area contributed by atoms with Gasteiger partial charge in [-0.15, -0.1) is 6.58 Å². The van der Waals surface area contributed by atoms with Gasteiger partial charge >= 0.3 is 0 Å². The first-order chi connectivity index (χ1) is 13.9. The predicted molar refractivity (Wildman–Crippen MR) is 116 cm³/mol. The summed E-state index contributed by atoms with van der Waals surface area (Å²) in [7, 11) is 1.78. The van der Waals surface area contributed by atoms with Crippen LogP contribution < -0.4 is 10.6 Å². The van der Waals surface area contributed by atoms with Crippen molar-refractivity contribution in [2.24, 2.45) is 0 Å². The van der Waals surface area contributed by atoms with Gasteiger partial charge in [0.2, 0.25) is 0 Å². The Bertz CT molecular complexity index is 809. The standard InChI is InChI=1S/C22H31N5O2/c1-5-12-23-20-21(26-16-7-9-17(29-4)10-8-16)27-18(14-25-20)15-6-11-19(24-13-15)22(2,3)28/h5-6,11,13-14,16-17,28H,1,7-10,12H2,2-4H3,(H,23,25)(H,26,27)/t16-,17-/i2+1,3+1,5+1,12+1,22+1. The Morgan fingerprint density at radius 3 is 2.52 bits per heavy atom. The molecule has 2 aromatic rings. The highest BCUT2D eigenvalue weighted by molar-refractivity contribution is 5.66. The zero-order chi connectivity index (χ0) is 20.9. The average molecular weight is 402 g/mol. The summed E-state index contributed by atoms with van der Waals surface area (Å²) in [6, 6.07) is 4.07. The molecule has 2 heterocycles. The second-order valence-electron chi connectivity index (χ2n) is 7.97. The molecule has 3 rings (SSSR count). The third-order valence-electron chi connectivity index (χ3n) is 5.22. The van der Waals surface area contributed by atoms with E-state index < -0.39 is 5.60 Å². The molecule has 3 N–H and O–H groups in total. The van der Waals surface area contributed by atoms with Crippen molar-refractivity contribution in [1.82, 2.24) is 15.0 Å². The average Bonchev–Trinajstić information content (AvgIpc) is 2.73. The quantitative estimate of drug-likeness (QED) is 0.458. The molecule has 1 fully saturated rings. The van der Waals surface area contributed by atoms with E-state index in [-0.39, 0.29) is 0 Å². The van der Waals surface area contributed by atoms with E-state index in [0.717, 1.165) is 42.8 Å². The highest BCUT2D eigenvalue weighted by Gasteiger charge is 2.22. The molecule has 1 saturated carbocycles. The number of aromatic nitrogens is 3. The lowest BCUT2D eigenvalue weighted by molar-refractivity contribution is 0.0681. The van der Waals surface area contributed by atoms with Crippen LogP contribution in [0.15, 0.2) is 37.2 Å². The van der Waals surface area contributed by atoms with Crippen LogP contribution >= 0.6 is 0 Å². The van der Waals surface area contributed by atoms with Crippen molar-refractivity contribution >= 4 is 11.6 Å². The third kappa shape index (κ3) is 5.52. The van der Waals surface area contributed by atoms with Crippen LogP contribution in [0.4, 0.5) is 11.6 Å². The summed E-state index contributed by atoms with van der Waals surface area (Å²) >= 11 is 0. The van der Waals surface area contributed by atoms with Gasteiger partial charge in [-0.1, -0.05) is 6.08 Å². The van der Waals surface area contributed by atoms with Gasteiger partial charge < -0.3 is 20.5 Å². The third-order valence-corrected chi connectivity index (χ3v) is 5.22. The zero-order valence-corrected chi connectivity index (χ0v) is 17.5. The minimum absolute atomic E-state index is 0.339. The van der Waals surface area contributed by atoms with Gasteiger partial charge in [0.25, 0.3) is 0 Å². The SMILES string of the molecule is C=[13CH][13CH2]Nc1ncc(-c2ccc([13C]([13CH3])([13CH3])O)nc2)nc1N[C@H]1CC[C@H](OC)CC1. The van der Waals surface area contributed by atoms with Crippen LogP contribution in [-0.2, 0) is 10.3 Å². The highest BCUT2D eigenvalue weighted by Crippen LogP contribution is 2.28. The number of methoxy groups -OCH3 is 1. The van der Waals surface area contributed by atoms with E-state index in [1.165, 1.54) is 0 Å². The van der Waals surface area contributed by atoms with Gasteiger partial charge in [-0.2, -0.15) is 0 Å². The zero-order valence-electron chi connectivity index (χ0n) is 17.5. The number of aliphatic hydroxyl groups is 1. The van der Waals surface area contributed by atoms with Crippen molar-refractivity contribution in [2.45, 2.75) is 57.3 Å². The van der Waals surface area contributed by atoms with E-state index in [4.69, 9.17) is 9.72 Å². The van der Waals surface area contributed by atoms with E-state index in [1.807, 2.05) is 12.1 Å². The monoisotopic (exact) mass is 402 g/mol. The van der Waals surface area contributed by atoms with Gasteiger partial charge in [-0.25, -0.2) is 9.97 Å². The topological polar surface area (TPSA) is 92.2 Å². The molecular formula is C22H31N5O2. The molecule has 0 amide bonds. The molecule has 0 bridgehead atoms. The minimum Gasteiger partial charge on any atom is -0.384 e. The van der Waals surface area contributed by atoms with Crippen molar-refractivity contribution < 1.29 is 9.84 Å². The summed E-state index contributed by atoms with van der Waals surface area (Å²) in [5.41, 5.74) is 1.23. The van der Waals surface area contributed by atoms with Crippen LogP contribution in [0, 0.1) is 0 Å². The summed E-state index contributed by atoms with van der Waals surface area (Å²) in [6.07, 6.45) is 9.76. The Morgan fingerprint density at radius 1 is 1.17 bits per heavy atom. The number of ether oxygens (including phenoxy) is 1. The smallest absolute Gasteiger partial charge is 0.169 e. The molecule has 0 saturated heterocycles. The van der Waals surface area contributed by atoms with E-state index in [9.17, 15) is 5.11 Å². The number of nitrogens with one attached hydrogen (secondary N) is 2. The number of hydrogen-bond acceptors (Lipinski definition) is 7. The molecule has 2 aromatic heterocycles. The maximum Gasteiger partial charge on any atom is 0.169 e. The molecule has 29 heavy (non-hydrogen) atoms. The highest BCUT2D eigenvalue weighted by atomic mass is 16.5. The van der Waals surface area contributed by atoms with Gasteiger partial charge in [0.1, 0.15) is 5.60 Å². The van der Waals surface area contributed by atoms with E-state index in [2.05, 4.69) is 27.2 Å². The van der Waals surface area contributed by atoms with Crippen LogP contribution in [0.2, 0.25) is 0 Å². The summed E-state index contributed by atoms with van der Waals surface area (Å²) in [6.45, 7) is 7.81. The summed E-state index contributed by atoms with van der Waals surface area (Å²) in [5, 5.41) is 16.9. The Kier molecular flexibility index (Phi) is 6.82. The minimum atomic E-state index is -0.976. The number of pyridine rings is 1. The Morgan fingerprint density at radius 2 is 1.93 bits per heavy atom. The van der Waals surface area contributed by atoms with Crippen LogP contribution in [-0.4, -0.2) is 45.9 Å². The molecule has 0 atom stereocenters. The number of rotatable bonds is 8. The van der Waals surface area contributed by atoms with Crippen LogP contribution in [0.3, 0.4) is 0 Å². The van der Waals surface area contributed by atoms with E-state index in [0.29, 0.717) is 30.2 Å². The second kappa shape index (κ2) is 9.33. The largest absolute Gasteiger partial charge is 0.384 e. The number of hydrogen-bond donors (Lipinski definition) is 3. The van der Waals surface area contributed by atoms with Crippen molar-refractivity contribution in [3.05, 3.63) is 42.9 Å². The van der Waals surface area contributed by atoms with Gasteiger partial charge in [0.15, 0.2) is 11.6 Å². The molecule has 0 radical (unpaired) electrons. The first-order valence-corrected chi connectivity index (χ1v) is 10.1. The lowest BCUT2D eigenvalue weighted by atomic mass is 9.93. The Balaban J connectivity index is 1.82. The first kappa shape index (κ1) is 21.2. The van der Waals surface area contributed by atoms with Crippen LogP contribution in [0.5, 0.6) is 0 Å². The van der Waals surface area contributed by atoms with E-state index in [1.54, 1.807) is 39.4 Å². The lowest BCUT2D eigenvalue weighted by Gasteiger charge is -2.29. The van der Waals surface area contributed by atoms with Crippen LogP contribution in [0.1, 0.15) is 45.2 Å². The van der Waals surface area contributed by atoms with Crippen molar-refractivity contribution in [2.75, 3.05) is 24.3 Å². The summed E-state index contributed by atoms with van der Waals surface area (Å²) < 4.78 is 5.47. The molecule has 0 aliphatic heterocycles. The molecule has 0 spiro atoms. The van der Waals surface area contributed by atoms with Crippen LogP contribution in [0.25, 0.3) is 11.3 Å². The second-order valence-corrected chi connectivity index (χ2v) is 7.97. The maximum absolute atomic E-state index is 10.1. The van der Waals surface area contributed by atoms with E-state index >= 15 is 0 Å². The predicted octanol–water partition coefficient (Wildman–Crippen LogP) is 3.73. The van der Waals surface area contributed by atoms with Gasteiger partial charge in [0.05, 0.1) is 23.7 Å². The van der Waals surface area contributed by atoms with Crippen molar-refractivity contribution in [3.63, 3.8) is 0 Å². The summed E-state index contributed by atoms with van der Waals surface area (Å²) in [5.74, 6) is 1.44. The van der Waals surface area contributed by atoms with Crippen molar-refractivity contribution in [3.8, 4) is 11.3 Å². The molecule has 1 aliphatic rings. The molecule has 156 valence electrons. The molecule has 1 aliphatic carbocycles. The maximum atomic E-state index is 10.1. The molecule has 7 heteroatoms. The van der Waals surface area contributed by atoms with Crippen molar-refractivity contribution in [1.29, 1.82) is 0 Å². The van der Waals surface area contributed by atoms with Gasteiger partial charge in [0, 0.05) is 31.5 Å². The van der Waals surface area contributed by atoms with Gasteiger partial charge in [-0.05, 0) is 51.7 Å². The Hall–Kier alpha value is -2.51. The molecule has 0 unspecified atom stereocenters. The fourth-order valence-corrected chi connectivity index (χ4v) is 3.47. The molecule has 7 nitrogen and oxygen atoms in total. The molecule has 0 aromatic carbocycles. The normalized spacial score (nSPS) is 19.6. The fourth-order valence-electron chi connectivity index (χ4n) is 3.47. The number of anilines is 2. The Labute approximate surface area is 172 Å². The van der Waals surface area contributed by atoms with Gasteiger partial charge in [-0.3, -0.25) is 4.98 Å². The number of nitrogens with zero attached hydrogens (tertiary/aromatic N) is 3. The summed E-state index contributed by atoms with van der Waals surface area (Å²) in [4.78, 5) is 13.8. The first-order valence-electron chi connectivity index (χ1n) is 10.1. The fraction of sp³-hybridized carbons (Fsp3) is 0.500. The molecular weight excluding hydrogens is 371 g/mol.